The minimum Gasteiger partial charge on any atom is -0.805 e. The summed E-state index contributed by atoms with van der Waals surface area (Å²) in [4.78, 5) is 12.8. The molecule has 110 valence electrons. The Morgan fingerprint density at radius 1 is 1.00 bits per heavy atom. The first-order chi connectivity index (χ1) is 10.6. The van der Waals surface area contributed by atoms with Crippen LogP contribution in [0.4, 0.5) is 0 Å². The van der Waals surface area contributed by atoms with Crippen LogP contribution < -0.4 is 4.43 Å². The van der Waals surface area contributed by atoms with Crippen LogP contribution in [-0.2, 0) is 0 Å². The molecule has 22 heavy (non-hydrogen) atoms. The van der Waals surface area contributed by atoms with Crippen LogP contribution in [0.15, 0.2) is 65.3 Å². The van der Waals surface area contributed by atoms with Gasteiger partial charge < -0.3 is 9.94 Å². The Kier molecular flexibility index (Phi) is 3.81. The lowest BCUT2D eigenvalue weighted by molar-refractivity contribution is -0.470. The summed E-state index contributed by atoms with van der Waals surface area (Å²) in [5.41, 5.74) is 2.48. The average molecular weight is 357 g/mol. The molecule has 2 aromatic carbocycles. The molecule has 0 aliphatic heterocycles. The zero-order valence-corrected chi connectivity index (χ0v) is 13.4. The van der Waals surface area contributed by atoms with Gasteiger partial charge in [0.05, 0.1) is 27.4 Å². The highest BCUT2D eigenvalue weighted by molar-refractivity contribution is 9.10. The van der Waals surface area contributed by atoms with Crippen molar-refractivity contribution in [2.24, 2.45) is 0 Å². The predicted octanol–water partition coefficient (Wildman–Crippen LogP) is 4.15. The van der Waals surface area contributed by atoms with E-state index in [2.05, 4.69) is 15.9 Å². The molecule has 0 atom stereocenters. The van der Waals surface area contributed by atoms with Crippen LogP contribution in [-0.4, -0.2) is 4.73 Å². The van der Waals surface area contributed by atoms with Crippen molar-refractivity contribution in [1.82, 2.24) is 4.73 Å². The molecule has 0 saturated carbocycles. The molecule has 0 bridgehead atoms. The molecule has 3 rings (SSSR count). The Morgan fingerprint density at radius 3 is 2.27 bits per heavy atom. The fourth-order valence-corrected chi connectivity index (χ4v) is 2.63. The summed E-state index contributed by atoms with van der Waals surface area (Å²) in [5.74, 6) is 0. The number of hydrogen-bond acceptors (Lipinski definition) is 2. The second kappa shape index (κ2) is 5.77. The minimum atomic E-state index is 0.333. The van der Waals surface area contributed by atoms with E-state index in [1.807, 2.05) is 54.6 Å². The van der Waals surface area contributed by atoms with E-state index < -0.39 is 0 Å². The number of rotatable bonds is 2. The van der Waals surface area contributed by atoms with E-state index in [9.17, 15) is 10.1 Å². The van der Waals surface area contributed by atoms with E-state index >= 15 is 0 Å². The predicted molar refractivity (Wildman–Crippen MR) is 89.9 cm³/mol. The van der Waals surface area contributed by atoms with Crippen LogP contribution in [0.3, 0.4) is 0 Å². The van der Waals surface area contributed by atoms with Crippen LogP contribution in [0.1, 0.15) is 5.69 Å². The van der Waals surface area contributed by atoms with E-state index in [-0.39, 0.29) is 0 Å². The summed E-state index contributed by atoms with van der Waals surface area (Å²) in [6.07, 6.45) is 1.32. The first-order valence-corrected chi connectivity index (χ1v) is 7.55. The van der Waals surface area contributed by atoms with Crippen LogP contribution in [0.25, 0.3) is 22.5 Å². The minimum absolute atomic E-state index is 0.333. The summed E-state index contributed by atoms with van der Waals surface area (Å²) >= 11 is 3.37. The highest BCUT2D eigenvalue weighted by Crippen LogP contribution is 2.24. The molecule has 0 saturated heterocycles. The maximum absolute atomic E-state index is 12.8. The van der Waals surface area contributed by atoms with Gasteiger partial charge in [0.1, 0.15) is 0 Å². The summed E-state index contributed by atoms with van der Waals surface area (Å²) in [6.45, 7) is 1.65. The number of benzene rings is 2. The SMILES string of the molecule is Cc1c(-c2ccc(Br)cc2)[n+](=O)c(-c2ccccc2)cn1[O-]. The van der Waals surface area contributed by atoms with Crippen LogP contribution >= 0.6 is 15.9 Å². The molecule has 1 aromatic heterocycles. The molecule has 0 fully saturated rings. The standard InChI is InChI=1S/C17H13BrN2O2/c1-12-17(14-7-9-15(18)10-8-14)20(22)16(11-19(12)21)13-5-3-2-4-6-13/h2-11H,1H3. The van der Waals surface area contributed by atoms with Gasteiger partial charge in [0.15, 0.2) is 0 Å². The summed E-state index contributed by atoms with van der Waals surface area (Å²) < 4.78 is 2.48. The monoisotopic (exact) mass is 356 g/mol. The van der Waals surface area contributed by atoms with Crippen molar-refractivity contribution in [2.75, 3.05) is 0 Å². The second-order valence-corrected chi connectivity index (χ2v) is 5.86. The molecule has 0 N–H and O–H groups in total. The van der Waals surface area contributed by atoms with Gasteiger partial charge in [-0.1, -0.05) is 34.1 Å². The van der Waals surface area contributed by atoms with E-state index in [0.717, 1.165) is 13.6 Å². The molecule has 0 aliphatic carbocycles. The third-order valence-electron chi connectivity index (χ3n) is 3.52. The van der Waals surface area contributed by atoms with Gasteiger partial charge in [-0.05, 0) is 43.3 Å². The zero-order chi connectivity index (χ0) is 15.7. The Hall–Kier alpha value is -2.40. The van der Waals surface area contributed by atoms with Gasteiger partial charge in [-0.15, -0.1) is 0 Å². The summed E-state index contributed by atoms with van der Waals surface area (Å²) in [6, 6.07) is 16.5. The number of aromatic nitrogens is 2. The molecule has 0 unspecified atom stereocenters. The van der Waals surface area contributed by atoms with Crippen molar-refractivity contribution in [2.45, 2.75) is 6.92 Å². The molecule has 0 radical (unpaired) electrons. The second-order valence-electron chi connectivity index (χ2n) is 4.94. The molecule has 0 amide bonds. The van der Waals surface area contributed by atoms with Crippen molar-refractivity contribution in [1.29, 1.82) is 0 Å². The van der Waals surface area contributed by atoms with Gasteiger partial charge in [0, 0.05) is 9.38 Å². The molecule has 1 heterocycles. The highest BCUT2D eigenvalue weighted by Gasteiger charge is 2.22. The average Bonchev–Trinajstić information content (AvgIpc) is 2.54. The normalized spacial score (nSPS) is 10.6. The first kappa shape index (κ1) is 14.5. The van der Waals surface area contributed by atoms with Crippen LogP contribution in [0.2, 0.25) is 0 Å². The number of hydrogen-bond donors (Lipinski definition) is 0. The summed E-state index contributed by atoms with van der Waals surface area (Å²) in [5, 5.41) is 12.2. The van der Waals surface area contributed by atoms with Gasteiger partial charge in [-0.3, -0.25) is 0 Å². The highest BCUT2D eigenvalue weighted by atomic mass is 79.9. The van der Waals surface area contributed by atoms with Crippen molar-refractivity contribution >= 4 is 15.9 Å². The molecule has 4 nitrogen and oxygen atoms in total. The Labute approximate surface area is 136 Å². The molecule has 3 aromatic rings. The Balaban J connectivity index is 2.29. The quantitative estimate of drug-likeness (QED) is 0.647. The maximum atomic E-state index is 12.8. The third-order valence-corrected chi connectivity index (χ3v) is 4.05. The number of nitrogens with zero attached hydrogens (tertiary/aromatic N) is 2. The molecule has 5 heteroatoms. The Morgan fingerprint density at radius 2 is 1.64 bits per heavy atom. The van der Waals surface area contributed by atoms with E-state index in [1.54, 1.807) is 6.92 Å². The lowest BCUT2D eigenvalue weighted by Gasteiger charge is -2.14. The third kappa shape index (κ3) is 2.55. The molecular weight excluding hydrogens is 344 g/mol. The van der Waals surface area contributed by atoms with Gasteiger partial charge in [0.2, 0.25) is 0 Å². The topological polar surface area (TPSA) is 51.0 Å². The largest absolute Gasteiger partial charge is 0.805 e. The molecule has 0 spiro atoms. The van der Waals surface area contributed by atoms with E-state index in [1.165, 1.54) is 6.20 Å². The summed E-state index contributed by atoms with van der Waals surface area (Å²) in [7, 11) is 0. The zero-order valence-electron chi connectivity index (χ0n) is 11.9. The van der Waals surface area contributed by atoms with Gasteiger partial charge in [-0.2, -0.15) is 0 Å². The maximum Gasteiger partial charge on any atom is 0.289 e. The van der Waals surface area contributed by atoms with Crippen molar-refractivity contribution in [3.05, 3.63) is 81.1 Å². The molecular formula is C17H13BrN2O2. The Bertz CT molecular complexity index is 872. The van der Waals surface area contributed by atoms with Crippen molar-refractivity contribution in [3.63, 3.8) is 0 Å². The van der Waals surface area contributed by atoms with Crippen LogP contribution in [0.5, 0.6) is 0 Å². The fourth-order valence-electron chi connectivity index (χ4n) is 2.37. The smallest absolute Gasteiger partial charge is 0.289 e. The lowest BCUT2D eigenvalue weighted by Crippen LogP contribution is -2.25. The lowest BCUT2D eigenvalue weighted by atomic mass is 10.1. The molecule has 0 aliphatic rings. The van der Waals surface area contributed by atoms with Crippen molar-refractivity contribution in [3.8, 4) is 22.5 Å². The van der Waals surface area contributed by atoms with E-state index in [0.29, 0.717) is 28.2 Å². The fraction of sp³-hybridized carbons (Fsp3) is 0.0588. The van der Waals surface area contributed by atoms with E-state index in [4.69, 9.17) is 0 Å². The van der Waals surface area contributed by atoms with Gasteiger partial charge in [0.25, 0.3) is 11.4 Å². The van der Waals surface area contributed by atoms with Gasteiger partial charge in [-0.25, -0.2) is 0 Å². The van der Waals surface area contributed by atoms with Crippen molar-refractivity contribution < 1.29 is 4.43 Å². The number of halogens is 1. The van der Waals surface area contributed by atoms with Gasteiger partial charge >= 0.3 is 0 Å². The van der Waals surface area contributed by atoms with Crippen LogP contribution in [0, 0.1) is 17.0 Å². The first-order valence-electron chi connectivity index (χ1n) is 6.75.